The van der Waals surface area contributed by atoms with E-state index in [-0.39, 0.29) is 17.5 Å². The zero-order valence-electron chi connectivity index (χ0n) is 12.8. The van der Waals surface area contributed by atoms with Crippen molar-refractivity contribution in [3.8, 4) is 0 Å². The summed E-state index contributed by atoms with van der Waals surface area (Å²) in [6, 6.07) is -0.357. The molecular formula is C17H21N3O2. The topological polar surface area (TPSA) is 64.0 Å². The highest BCUT2D eigenvalue weighted by atomic mass is 16.1. The molecule has 3 rings (SSSR count). The van der Waals surface area contributed by atoms with Gasteiger partial charge in [0.25, 0.3) is 5.56 Å². The fourth-order valence-corrected chi connectivity index (χ4v) is 3.24. The van der Waals surface area contributed by atoms with E-state index in [4.69, 9.17) is 0 Å². The molecule has 2 aliphatic rings. The number of nitrogens with zero attached hydrogens (tertiary/aromatic N) is 2. The molecule has 0 saturated carbocycles. The maximum absolute atomic E-state index is 12.6. The van der Waals surface area contributed by atoms with Gasteiger partial charge in [0.05, 0.1) is 6.04 Å². The van der Waals surface area contributed by atoms with Crippen LogP contribution in [0.1, 0.15) is 50.3 Å². The maximum Gasteiger partial charge on any atom is 0.294 e. The van der Waals surface area contributed by atoms with Crippen molar-refractivity contribution >= 4 is 12.1 Å². The number of carbonyl (C=O) groups excluding carboxylic acids is 1. The van der Waals surface area contributed by atoms with Crippen molar-refractivity contribution in [1.29, 1.82) is 0 Å². The molecule has 116 valence electrons. The van der Waals surface area contributed by atoms with E-state index in [0.717, 1.165) is 36.8 Å². The first-order chi connectivity index (χ1) is 10.7. The fourth-order valence-electron chi connectivity index (χ4n) is 3.24. The van der Waals surface area contributed by atoms with E-state index >= 15 is 0 Å². The number of rotatable bonds is 5. The van der Waals surface area contributed by atoms with Gasteiger partial charge in [-0.25, -0.2) is 4.98 Å². The van der Waals surface area contributed by atoms with Gasteiger partial charge >= 0.3 is 0 Å². The summed E-state index contributed by atoms with van der Waals surface area (Å²) in [6.45, 7) is 2.65. The number of carbonyl (C=O) groups is 1. The number of allylic oxidation sites excluding steroid dienone is 2. The molecule has 0 amide bonds. The van der Waals surface area contributed by atoms with Crippen molar-refractivity contribution in [2.75, 3.05) is 11.9 Å². The molecule has 1 aromatic heterocycles. The first-order valence-electron chi connectivity index (χ1n) is 7.90. The predicted molar refractivity (Wildman–Crippen MR) is 86.2 cm³/mol. The molecule has 2 heterocycles. The van der Waals surface area contributed by atoms with E-state index < -0.39 is 0 Å². The van der Waals surface area contributed by atoms with Gasteiger partial charge in [0.1, 0.15) is 6.29 Å². The Kier molecular flexibility index (Phi) is 4.22. The zero-order valence-corrected chi connectivity index (χ0v) is 12.8. The summed E-state index contributed by atoms with van der Waals surface area (Å²) in [5.41, 5.74) is 1.86. The third kappa shape index (κ3) is 2.63. The highest BCUT2D eigenvalue weighted by Crippen LogP contribution is 2.35. The van der Waals surface area contributed by atoms with E-state index in [9.17, 15) is 9.59 Å². The van der Waals surface area contributed by atoms with Crippen LogP contribution in [0.5, 0.6) is 0 Å². The summed E-state index contributed by atoms with van der Waals surface area (Å²) in [6.07, 6.45) is 12.7. The number of aldehydes is 1. The van der Waals surface area contributed by atoms with Gasteiger partial charge in [-0.3, -0.25) is 9.36 Å². The Labute approximate surface area is 129 Å². The van der Waals surface area contributed by atoms with E-state index in [2.05, 4.69) is 35.5 Å². The molecule has 0 bridgehead atoms. The second-order valence-electron chi connectivity index (χ2n) is 5.86. The predicted octanol–water partition coefficient (Wildman–Crippen LogP) is 2.57. The van der Waals surface area contributed by atoms with Crippen molar-refractivity contribution in [2.45, 2.75) is 44.6 Å². The first kappa shape index (κ1) is 14.8. The van der Waals surface area contributed by atoms with E-state index in [0.29, 0.717) is 18.8 Å². The SMILES string of the molecule is CCC1CC(C=O)n2c1cnc(NCC1=CCCC=C1)c2=O. The van der Waals surface area contributed by atoms with Crippen LogP contribution in [0, 0.1) is 0 Å². The third-order valence-electron chi connectivity index (χ3n) is 4.48. The molecule has 5 nitrogen and oxygen atoms in total. The molecule has 0 fully saturated rings. The Hall–Kier alpha value is -2.17. The Morgan fingerprint density at radius 2 is 2.32 bits per heavy atom. The standard InChI is InChI=1S/C17H21N3O2/c1-2-13-8-14(11-21)20-15(13)10-19-16(17(20)22)18-9-12-6-4-3-5-7-12/h4,6-7,10-11,13-14H,2-3,5,8-9H2,1H3,(H,18,19). The van der Waals surface area contributed by atoms with Gasteiger partial charge in [0.15, 0.2) is 5.82 Å². The van der Waals surface area contributed by atoms with Gasteiger partial charge in [-0.15, -0.1) is 0 Å². The number of nitrogens with one attached hydrogen (secondary N) is 1. The molecule has 1 aromatic rings. The number of aromatic nitrogens is 2. The van der Waals surface area contributed by atoms with Crippen LogP contribution in [0.15, 0.2) is 34.8 Å². The summed E-state index contributed by atoms with van der Waals surface area (Å²) in [4.78, 5) is 28.2. The lowest BCUT2D eigenvalue weighted by Gasteiger charge is -2.13. The third-order valence-corrected chi connectivity index (χ3v) is 4.48. The lowest BCUT2D eigenvalue weighted by molar-refractivity contribution is -0.110. The molecule has 0 radical (unpaired) electrons. The second-order valence-corrected chi connectivity index (χ2v) is 5.86. The van der Waals surface area contributed by atoms with Crippen LogP contribution in [0.25, 0.3) is 0 Å². The van der Waals surface area contributed by atoms with E-state index in [1.54, 1.807) is 10.8 Å². The lowest BCUT2D eigenvalue weighted by atomic mass is 10.00. The molecule has 5 heteroatoms. The van der Waals surface area contributed by atoms with Crippen molar-refractivity contribution in [2.24, 2.45) is 0 Å². The Morgan fingerprint density at radius 1 is 1.45 bits per heavy atom. The molecule has 1 aliphatic carbocycles. The van der Waals surface area contributed by atoms with Gasteiger partial charge < -0.3 is 10.1 Å². The normalized spacial score (nSPS) is 23.0. The monoisotopic (exact) mass is 299 g/mol. The molecule has 0 spiro atoms. The Balaban J connectivity index is 1.85. The van der Waals surface area contributed by atoms with Crippen LogP contribution in [0.2, 0.25) is 0 Å². The highest BCUT2D eigenvalue weighted by molar-refractivity contribution is 5.58. The zero-order chi connectivity index (χ0) is 15.5. The summed E-state index contributed by atoms with van der Waals surface area (Å²) in [7, 11) is 0. The maximum atomic E-state index is 12.6. The van der Waals surface area contributed by atoms with E-state index in [1.165, 1.54) is 0 Å². The number of hydrogen-bond donors (Lipinski definition) is 1. The van der Waals surface area contributed by atoms with Crippen LogP contribution in [0.4, 0.5) is 5.82 Å². The molecule has 0 saturated heterocycles. The summed E-state index contributed by atoms with van der Waals surface area (Å²) in [5, 5.41) is 3.11. The van der Waals surface area contributed by atoms with Crippen LogP contribution in [-0.4, -0.2) is 22.4 Å². The lowest BCUT2D eigenvalue weighted by Crippen LogP contribution is -2.28. The summed E-state index contributed by atoms with van der Waals surface area (Å²) < 4.78 is 1.61. The highest BCUT2D eigenvalue weighted by Gasteiger charge is 2.31. The molecule has 22 heavy (non-hydrogen) atoms. The smallest absolute Gasteiger partial charge is 0.294 e. The van der Waals surface area contributed by atoms with Gasteiger partial charge in [0.2, 0.25) is 0 Å². The molecule has 2 atom stereocenters. The van der Waals surface area contributed by atoms with Gasteiger partial charge in [0, 0.05) is 24.4 Å². The van der Waals surface area contributed by atoms with Crippen LogP contribution < -0.4 is 10.9 Å². The van der Waals surface area contributed by atoms with Gasteiger partial charge in [-0.05, 0) is 31.3 Å². The average Bonchev–Trinajstić information content (AvgIpc) is 2.94. The number of fused-ring (bicyclic) bond motifs is 1. The molecule has 1 N–H and O–H groups in total. The van der Waals surface area contributed by atoms with Crippen LogP contribution in [0.3, 0.4) is 0 Å². The molecule has 1 aliphatic heterocycles. The van der Waals surface area contributed by atoms with Crippen molar-refractivity contribution in [3.63, 3.8) is 0 Å². The second kappa shape index (κ2) is 6.30. The van der Waals surface area contributed by atoms with Gasteiger partial charge in [-0.2, -0.15) is 0 Å². The number of anilines is 1. The quantitative estimate of drug-likeness (QED) is 0.849. The number of hydrogen-bond acceptors (Lipinski definition) is 4. The van der Waals surface area contributed by atoms with Crippen molar-refractivity contribution < 1.29 is 4.79 Å². The van der Waals surface area contributed by atoms with Crippen molar-refractivity contribution in [3.05, 3.63) is 46.0 Å². The minimum Gasteiger partial charge on any atom is -0.361 e. The largest absolute Gasteiger partial charge is 0.361 e. The Morgan fingerprint density at radius 3 is 3.00 bits per heavy atom. The minimum atomic E-state index is -0.357. The van der Waals surface area contributed by atoms with E-state index in [1.807, 2.05) is 0 Å². The summed E-state index contributed by atoms with van der Waals surface area (Å²) in [5.74, 6) is 0.570. The summed E-state index contributed by atoms with van der Waals surface area (Å²) >= 11 is 0. The fraction of sp³-hybridized carbons (Fsp3) is 0.471. The minimum absolute atomic E-state index is 0.189. The van der Waals surface area contributed by atoms with Crippen LogP contribution in [-0.2, 0) is 4.79 Å². The Bertz CT molecular complexity index is 688. The van der Waals surface area contributed by atoms with Crippen molar-refractivity contribution in [1.82, 2.24) is 9.55 Å². The van der Waals surface area contributed by atoms with Crippen LogP contribution >= 0.6 is 0 Å². The van der Waals surface area contributed by atoms with Gasteiger partial charge in [-0.1, -0.05) is 25.2 Å². The molecular weight excluding hydrogens is 278 g/mol. The first-order valence-corrected chi connectivity index (χ1v) is 7.90. The molecule has 2 unspecified atom stereocenters. The molecule has 0 aromatic carbocycles. The average molecular weight is 299 g/mol.